The first-order chi connectivity index (χ1) is 13.2. The van der Waals surface area contributed by atoms with E-state index in [9.17, 15) is 4.79 Å². The Morgan fingerprint density at radius 1 is 1.26 bits per heavy atom. The number of nitrogens with zero attached hydrogens (tertiary/aromatic N) is 2. The van der Waals surface area contributed by atoms with Crippen LogP contribution in [0.25, 0.3) is 5.65 Å². The van der Waals surface area contributed by atoms with Gasteiger partial charge < -0.3 is 19.2 Å². The number of carbonyl (C=O) groups excluding carboxylic acids is 1. The maximum absolute atomic E-state index is 12.5. The van der Waals surface area contributed by atoms with E-state index in [0.29, 0.717) is 13.0 Å². The van der Waals surface area contributed by atoms with Gasteiger partial charge in [0.1, 0.15) is 5.65 Å². The number of benzene rings is 1. The Morgan fingerprint density at radius 3 is 2.96 bits per heavy atom. The summed E-state index contributed by atoms with van der Waals surface area (Å²) in [5, 5.41) is 2.98. The van der Waals surface area contributed by atoms with Crippen molar-refractivity contribution in [3.05, 3.63) is 59.5 Å². The summed E-state index contributed by atoms with van der Waals surface area (Å²) in [6.07, 6.45) is 5.13. The van der Waals surface area contributed by atoms with Crippen molar-refractivity contribution in [1.82, 2.24) is 14.7 Å². The molecular formula is C21H23N3O3. The highest BCUT2D eigenvalue weighted by Crippen LogP contribution is 2.37. The topological polar surface area (TPSA) is 64.9 Å². The van der Waals surface area contributed by atoms with Gasteiger partial charge in [-0.05, 0) is 48.7 Å². The number of aryl methyl sites for hydroxylation is 1. The largest absolute Gasteiger partial charge is 0.454 e. The van der Waals surface area contributed by atoms with Crippen molar-refractivity contribution in [2.45, 2.75) is 32.6 Å². The standard InChI is InChI=1S/C21H23N3O3/c1-3-7-22-21(25)11-16(15-4-5-18-19(10-15)27-13-26-18)17-12-23-20-9-14(2)6-8-24(17)20/h4-6,8-10,12,16H,3,7,11,13H2,1-2H3,(H,22,25). The van der Waals surface area contributed by atoms with Crippen LogP contribution in [0, 0.1) is 6.92 Å². The van der Waals surface area contributed by atoms with Gasteiger partial charge in [-0.25, -0.2) is 4.98 Å². The number of nitrogens with one attached hydrogen (secondary N) is 1. The molecule has 1 unspecified atom stereocenters. The third-order valence-corrected chi connectivity index (χ3v) is 4.82. The number of hydrogen-bond acceptors (Lipinski definition) is 4. The van der Waals surface area contributed by atoms with Crippen molar-refractivity contribution in [2.24, 2.45) is 0 Å². The average molecular weight is 365 g/mol. The fourth-order valence-corrected chi connectivity index (χ4v) is 3.40. The minimum absolute atomic E-state index is 0.0292. The van der Waals surface area contributed by atoms with Crippen molar-refractivity contribution in [2.75, 3.05) is 13.3 Å². The van der Waals surface area contributed by atoms with E-state index < -0.39 is 0 Å². The molecular weight excluding hydrogens is 342 g/mol. The normalized spacial score (nSPS) is 13.7. The first-order valence-electron chi connectivity index (χ1n) is 9.25. The molecule has 6 heteroatoms. The number of amides is 1. The first kappa shape index (κ1) is 17.4. The number of ether oxygens (including phenoxy) is 2. The Kier molecular flexibility index (Phi) is 4.71. The van der Waals surface area contributed by atoms with E-state index in [1.54, 1.807) is 0 Å². The lowest BCUT2D eigenvalue weighted by molar-refractivity contribution is -0.121. The van der Waals surface area contributed by atoms with Crippen LogP contribution in [0.4, 0.5) is 0 Å². The quantitative estimate of drug-likeness (QED) is 0.727. The van der Waals surface area contributed by atoms with Gasteiger partial charge >= 0.3 is 0 Å². The molecule has 0 saturated carbocycles. The number of pyridine rings is 1. The fourth-order valence-electron chi connectivity index (χ4n) is 3.40. The molecule has 2 aromatic heterocycles. The molecule has 0 aliphatic carbocycles. The van der Waals surface area contributed by atoms with E-state index in [4.69, 9.17) is 9.47 Å². The van der Waals surface area contributed by atoms with Crippen LogP contribution in [0.5, 0.6) is 11.5 Å². The summed E-state index contributed by atoms with van der Waals surface area (Å²) in [6.45, 7) is 5.00. The molecule has 4 rings (SSSR count). The van der Waals surface area contributed by atoms with Crippen molar-refractivity contribution in [1.29, 1.82) is 0 Å². The SMILES string of the molecule is CCCNC(=O)CC(c1ccc2c(c1)OCO2)c1cnc2cc(C)ccn12. The van der Waals surface area contributed by atoms with Crippen molar-refractivity contribution in [3.8, 4) is 11.5 Å². The van der Waals surface area contributed by atoms with Gasteiger partial charge in [0.05, 0.1) is 5.69 Å². The van der Waals surface area contributed by atoms with E-state index in [1.165, 1.54) is 0 Å². The van der Waals surface area contributed by atoms with Crippen molar-refractivity contribution >= 4 is 11.6 Å². The summed E-state index contributed by atoms with van der Waals surface area (Å²) in [6, 6.07) is 9.96. The maximum Gasteiger partial charge on any atom is 0.231 e. The number of fused-ring (bicyclic) bond motifs is 2. The van der Waals surface area contributed by atoms with Gasteiger partial charge in [0, 0.05) is 31.3 Å². The zero-order chi connectivity index (χ0) is 18.8. The zero-order valence-electron chi connectivity index (χ0n) is 15.6. The van der Waals surface area contributed by atoms with Crippen LogP contribution in [-0.4, -0.2) is 28.6 Å². The lowest BCUT2D eigenvalue weighted by Crippen LogP contribution is -2.26. The number of imidazole rings is 1. The van der Waals surface area contributed by atoms with Gasteiger partial charge in [-0.15, -0.1) is 0 Å². The molecule has 0 radical (unpaired) electrons. The van der Waals surface area contributed by atoms with Crippen LogP contribution < -0.4 is 14.8 Å². The number of rotatable bonds is 6. The Bertz CT molecular complexity index is 980. The van der Waals surface area contributed by atoms with Gasteiger partial charge in [0.25, 0.3) is 0 Å². The summed E-state index contributed by atoms with van der Waals surface area (Å²) < 4.78 is 13.0. The zero-order valence-corrected chi connectivity index (χ0v) is 15.6. The third kappa shape index (κ3) is 3.47. The minimum atomic E-state index is -0.130. The molecule has 0 spiro atoms. The molecule has 1 amide bonds. The summed E-state index contributed by atoms with van der Waals surface area (Å²) in [5.41, 5.74) is 4.02. The second kappa shape index (κ2) is 7.31. The summed E-state index contributed by atoms with van der Waals surface area (Å²) >= 11 is 0. The number of hydrogen-bond donors (Lipinski definition) is 1. The molecule has 6 nitrogen and oxygen atoms in total. The minimum Gasteiger partial charge on any atom is -0.454 e. The van der Waals surface area contributed by atoms with Gasteiger partial charge in [-0.3, -0.25) is 4.79 Å². The van der Waals surface area contributed by atoms with Crippen LogP contribution in [0.15, 0.2) is 42.7 Å². The summed E-state index contributed by atoms with van der Waals surface area (Å²) in [7, 11) is 0. The van der Waals surface area contributed by atoms with Crippen LogP contribution in [0.3, 0.4) is 0 Å². The Hall–Kier alpha value is -3.02. The van der Waals surface area contributed by atoms with Crippen molar-refractivity contribution < 1.29 is 14.3 Å². The lowest BCUT2D eigenvalue weighted by atomic mass is 9.92. The molecule has 1 aliphatic rings. The molecule has 0 saturated heterocycles. The highest BCUT2D eigenvalue weighted by Gasteiger charge is 2.24. The Morgan fingerprint density at radius 2 is 2.11 bits per heavy atom. The molecule has 3 heterocycles. The first-order valence-corrected chi connectivity index (χ1v) is 9.25. The van der Waals surface area contributed by atoms with Crippen molar-refractivity contribution in [3.63, 3.8) is 0 Å². The second-order valence-electron chi connectivity index (χ2n) is 6.83. The van der Waals surface area contributed by atoms with E-state index in [-0.39, 0.29) is 18.6 Å². The van der Waals surface area contributed by atoms with Crippen LogP contribution in [-0.2, 0) is 4.79 Å². The molecule has 1 aliphatic heterocycles. The van der Waals surface area contributed by atoms with Crippen LogP contribution >= 0.6 is 0 Å². The van der Waals surface area contributed by atoms with Gasteiger partial charge in [0.2, 0.25) is 12.7 Å². The number of carbonyl (C=O) groups is 1. The van der Waals surface area contributed by atoms with Crippen LogP contribution in [0.1, 0.15) is 42.5 Å². The second-order valence-corrected chi connectivity index (χ2v) is 6.83. The Balaban J connectivity index is 1.74. The third-order valence-electron chi connectivity index (χ3n) is 4.82. The van der Waals surface area contributed by atoms with E-state index in [1.807, 2.05) is 56.6 Å². The molecule has 27 heavy (non-hydrogen) atoms. The molecule has 140 valence electrons. The van der Waals surface area contributed by atoms with Crippen LogP contribution in [0.2, 0.25) is 0 Å². The predicted octanol–water partition coefficient (Wildman–Crippen LogP) is 3.42. The fraction of sp³-hybridized carbons (Fsp3) is 0.333. The average Bonchev–Trinajstić information content (AvgIpc) is 3.30. The summed E-state index contributed by atoms with van der Waals surface area (Å²) in [4.78, 5) is 17.1. The van der Waals surface area contributed by atoms with E-state index in [0.717, 1.165) is 40.4 Å². The molecule has 3 aromatic rings. The summed E-state index contributed by atoms with van der Waals surface area (Å²) in [5.74, 6) is 1.36. The highest BCUT2D eigenvalue weighted by atomic mass is 16.7. The van der Waals surface area contributed by atoms with E-state index in [2.05, 4.69) is 14.7 Å². The van der Waals surface area contributed by atoms with Gasteiger partial charge in [0.15, 0.2) is 11.5 Å². The Labute approximate surface area is 158 Å². The maximum atomic E-state index is 12.5. The monoisotopic (exact) mass is 365 g/mol. The smallest absolute Gasteiger partial charge is 0.231 e. The highest BCUT2D eigenvalue weighted by molar-refractivity contribution is 5.77. The molecule has 1 N–H and O–H groups in total. The van der Waals surface area contributed by atoms with E-state index >= 15 is 0 Å². The van der Waals surface area contributed by atoms with Gasteiger partial charge in [-0.2, -0.15) is 0 Å². The predicted molar refractivity (Wildman–Crippen MR) is 102 cm³/mol. The lowest BCUT2D eigenvalue weighted by Gasteiger charge is -2.18. The molecule has 0 bridgehead atoms. The van der Waals surface area contributed by atoms with Gasteiger partial charge in [-0.1, -0.05) is 13.0 Å². The molecule has 1 atom stereocenters. The molecule has 0 fully saturated rings. The molecule has 1 aromatic carbocycles. The number of aromatic nitrogens is 2.